The first kappa shape index (κ1) is 12.0. The highest BCUT2D eigenvalue weighted by Crippen LogP contribution is 2.35. The highest BCUT2D eigenvalue weighted by Gasteiger charge is 2.30. The molecule has 1 aliphatic carbocycles. The fourth-order valence-electron chi connectivity index (χ4n) is 2.72. The Labute approximate surface area is 112 Å². The largest absolute Gasteiger partial charge is 0.351 e. The van der Waals surface area contributed by atoms with E-state index in [1.165, 1.54) is 11.1 Å². The van der Waals surface area contributed by atoms with Crippen molar-refractivity contribution in [2.24, 2.45) is 0 Å². The van der Waals surface area contributed by atoms with E-state index < -0.39 is 0 Å². The van der Waals surface area contributed by atoms with E-state index in [9.17, 15) is 4.79 Å². The van der Waals surface area contributed by atoms with Crippen LogP contribution in [0.2, 0.25) is 0 Å². The topological polar surface area (TPSA) is 46.3 Å². The lowest BCUT2D eigenvalue weighted by Crippen LogP contribution is -2.29. The number of nitrogens with zero attached hydrogens (tertiary/aromatic N) is 2. The van der Waals surface area contributed by atoms with E-state index in [1.54, 1.807) is 11.0 Å². The Kier molecular flexibility index (Phi) is 2.85. The van der Waals surface area contributed by atoms with Crippen molar-refractivity contribution in [1.29, 1.82) is 0 Å². The van der Waals surface area contributed by atoms with E-state index in [2.05, 4.69) is 17.3 Å². The molecular weight excluding hydrogens is 240 g/mol. The van der Waals surface area contributed by atoms with E-state index in [0.29, 0.717) is 5.76 Å². The highest BCUT2D eigenvalue weighted by atomic mass is 16.5. The van der Waals surface area contributed by atoms with Gasteiger partial charge in [0.15, 0.2) is 0 Å². The summed E-state index contributed by atoms with van der Waals surface area (Å²) in [6.07, 6.45) is 1.99. The average Bonchev–Trinajstić information content (AvgIpc) is 3.03. The maximum absolute atomic E-state index is 12.3. The molecule has 0 spiro atoms. The third-order valence-corrected chi connectivity index (χ3v) is 3.73. The van der Waals surface area contributed by atoms with Gasteiger partial charge in [-0.05, 0) is 30.9 Å². The number of fused-ring (bicyclic) bond motifs is 1. The first-order valence-electron chi connectivity index (χ1n) is 6.45. The Morgan fingerprint density at radius 3 is 2.95 bits per heavy atom. The van der Waals surface area contributed by atoms with Crippen LogP contribution in [-0.4, -0.2) is 23.0 Å². The first-order valence-corrected chi connectivity index (χ1v) is 6.45. The summed E-state index contributed by atoms with van der Waals surface area (Å²) >= 11 is 0. The number of amides is 1. The molecule has 0 saturated carbocycles. The van der Waals surface area contributed by atoms with Crippen molar-refractivity contribution in [3.8, 4) is 0 Å². The highest BCUT2D eigenvalue weighted by molar-refractivity contribution is 5.91. The number of hydrogen-bond donors (Lipinski definition) is 0. The van der Waals surface area contributed by atoms with Crippen molar-refractivity contribution in [2.45, 2.75) is 25.8 Å². The van der Waals surface area contributed by atoms with Crippen molar-refractivity contribution in [2.75, 3.05) is 7.05 Å². The van der Waals surface area contributed by atoms with Crippen LogP contribution in [0.4, 0.5) is 0 Å². The molecule has 1 aliphatic rings. The number of hydrogen-bond acceptors (Lipinski definition) is 3. The number of aromatic nitrogens is 1. The molecule has 0 aliphatic heterocycles. The maximum Gasteiger partial charge on any atom is 0.292 e. The lowest BCUT2D eigenvalue weighted by atomic mass is 10.1. The van der Waals surface area contributed by atoms with Crippen LogP contribution in [0, 0.1) is 6.92 Å². The summed E-state index contributed by atoms with van der Waals surface area (Å²) in [5.41, 5.74) is 3.30. The summed E-state index contributed by atoms with van der Waals surface area (Å²) in [6, 6.07) is 10.1. The van der Waals surface area contributed by atoms with E-state index in [1.807, 2.05) is 26.1 Å². The summed E-state index contributed by atoms with van der Waals surface area (Å²) in [5, 5.41) is 3.77. The zero-order chi connectivity index (χ0) is 13.4. The lowest BCUT2D eigenvalue weighted by Gasteiger charge is -2.24. The molecule has 3 rings (SSSR count). The molecule has 1 amide bonds. The minimum Gasteiger partial charge on any atom is -0.351 e. The summed E-state index contributed by atoms with van der Waals surface area (Å²) in [5.74, 6) is 0.201. The fraction of sp³-hybridized carbons (Fsp3) is 0.333. The van der Waals surface area contributed by atoms with Gasteiger partial charge in [0.1, 0.15) is 0 Å². The molecule has 0 fully saturated rings. The molecular formula is C15H16N2O2. The third kappa shape index (κ3) is 2.03. The Balaban J connectivity index is 1.86. The van der Waals surface area contributed by atoms with E-state index in [-0.39, 0.29) is 11.9 Å². The second kappa shape index (κ2) is 4.53. The molecule has 98 valence electrons. The third-order valence-electron chi connectivity index (χ3n) is 3.73. The number of aryl methyl sites for hydroxylation is 2. The van der Waals surface area contributed by atoms with Crippen molar-refractivity contribution in [1.82, 2.24) is 10.1 Å². The Bertz CT molecular complexity index is 618. The van der Waals surface area contributed by atoms with Gasteiger partial charge in [-0.3, -0.25) is 4.79 Å². The Morgan fingerprint density at radius 2 is 2.21 bits per heavy atom. The first-order chi connectivity index (χ1) is 9.16. The van der Waals surface area contributed by atoms with Gasteiger partial charge >= 0.3 is 0 Å². The number of carbonyl (C=O) groups excluding carboxylic acids is 1. The molecule has 1 unspecified atom stereocenters. The maximum atomic E-state index is 12.3. The SMILES string of the molecule is Cc1cc(C(=O)N(C)C2CCc3ccccc32)on1. The molecule has 19 heavy (non-hydrogen) atoms. The Morgan fingerprint density at radius 1 is 1.42 bits per heavy atom. The zero-order valence-electron chi connectivity index (χ0n) is 11.1. The molecule has 0 radical (unpaired) electrons. The van der Waals surface area contributed by atoms with E-state index in [0.717, 1.165) is 18.5 Å². The van der Waals surface area contributed by atoms with Gasteiger partial charge in [0, 0.05) is 13.1 Å². The minimum atomic E-state index is -0.109. The standard InChI is InChI=1S/C15H16N2O2/c1-10-9-14(19-16-10)15(18)17(2)13-8-7-11-5-3-4-6-12(11)13/h3-6,9,13H,7-8H2,1-2H3. The van der Waals surface area contributed by atoms with Crippen LogP contribution >= 0.6 is 0 Å². The molecule has 1 atom stereocenters. The summed E-state index contributed by atoms with van der Waals surface area (Å²) in [7, 11) is 1.83. The van der Waals surface area contributed by atoms with Gasteiger partial charge in [0.25, 0.3) is 5.91 Å². The molecule has 2 aromatic rings. The molecule has 0 bridgehead atoms. The molecule has 1 aromatic heterocycles. The van der Waals surface area contributed by atoms with Crippen LogP contribution in [0.25, 0.3) is 0 Å². The van der Waals surface area contributed by atoms with Crippen molar-refractivity contribution < 1.29 is 9.32 Å². The normalized spacial score (nSPS) is 17.3. The Hall–Kier alpha value is -2.10. The zero-order valence-corrected chi connectivity index (χ0v) is 11.1. The second-order valence-corrected chi connectivity index (χ2v) is 5.00. The van der Waals surface area contributed by atoms with Crippen LogP contribution in [-0.2, 0) is 6.42 Å². The molecule has 0 N–H and O–H groups in total. The van der Waals surface area contributed by atoms with E-state index in [4.69, 9.17) is 4.52 Å². The van der Waals surface area contributed by atoms with Crippen molar-refractivity contribution in [3.63, 3.8) is 0 Å². The predicted molar refractivity (Wildman–Crippen MR) is 70.8 cm³/mol. The van der Waals surface area contributed by atoms with Gasteiger partial charge in [0.05, 0.1) is 11.7 Å². The molecule has 4 heteroatoms. The molecule has 0 saturated heterocycles. The van der Waals surface area contributed by atoms with Gasteiger partial charge in [0.2, 0.25) is 5.76 Å². The van der Waals surface area contributed by atoms with Gasteiger partial charge in [-0.2, -0.15) is 0 Å². The minimum absolute atomic E-state index is 0.109. The van der Waals surface area contributed by atoms with Crippen LogP contribution < -0.4 is 0 Å². The smallest absolute Gasteiger partial charge is 0.292 e. The van der Waals surface area contributed by atoms with Crippen LogP contribution in [0.1, 0.15) is 39.8 Å². The van der Waals surface area contributed by atoms with E-state index >= 15 is 0 Å². The summed E-state index contributed by atoms with van der Waals surface area (Å²) in [4.78, 5) is 14.1. The lowest BCUT2D eigenvalue weighted by molar-refractivity contribution is 0.0688. The van der Waals surface area contributed by atoms with Crippen LogP contribution in [0.5, 0.6) is 0 Å². The molecule has 1 heterocycles. The van der Waals surface area contributed by atoms with Crippen molar-refractivity contribution in [3.05, 3.63) is 52.9 Å². The number of benzene rings is 1. The average molecular weight is 256 g/mol. The van der Waals surface area contributed by atoms with Gasteiger partial charge in [-0.25, -0.2) is 0 Å². The quantitative estimate of drug-likeness (QED) is 0.830. The summed E-state index contributed by atoms with van der Waals surface area (Å²) in [6.45, 7) is 1.81. The monoisotopic (exact) mass is 256 g/mol. The van der Waals surface area contributed by atoms with Crippen molar-refractivity contribution >= 4 is 5.91 Å². The summed E-state index contributed by atoms with van der Waals surface area (Å²) < 4.78 is 5.05. The van der Waals surface area contributed by atoms with Gasteiger partial charge < -0.3 is 9.42 Å². The van der Waals surface area contributed by atoms with Crippen LogP contribution in [0.15, 0.2) is 34.9 Å². The molecule has 4 nitrogen and oxygen atoms in total. The number of rotatable bonds is 2. The van der Waals surface area contributed by atoms with Crippen LogP contribution in [0.3, 0.4) is 0 Å². The van der Waals surface area contributed by atoms with Gasteiger partial charge in [-0.1, -0.05) is 29.4 Å². The number of carbonyl (C=O) groups is 1. The van der Waals surface area contributed by atoms with Gasteiger partial charge in [-0.15, -0.1) is 0 Å². The molecule has 1 aromatic carbocycles. The predicted octanol–water partition coefficient (Wildman–Crippen LogP) is 2.74. The second-order valence-electron chi connectivity index (χ2n) is 5.00. The fourth-order valence-corrected chi connectivity index (χ4v) is 2.72.